The van der Waals surface area contributed by atoms with Crippen LogP contribution in [0.15, 0.2) is 48.5 Å². The van der Waals surface area contributed by atoms with Crippen molar-refractivity contribution in [3.63, 3.8) is 0 Å². The number of rotatable bonds is 12. The Morgan fingerprint density at radius 2 is 1.47 bits per heavy atom. The number of ether oxygens (including phenoxy) is 4. The number of cyclic esters (lactones) is 2. The van der Waals surface area contributed by atoms with E-state index in [-0.39, 0.29) is 63.2 Å². The average molecular weight is 619 g/mol. The van der Waals surface area contributed by atoms with Crippen molar-refractivity contribution in [2.75, 3.05) is 85.7 Å². The molecule has 14 nitrogen and oxygen atoms in total. The highest BCUT2D eigenvalue weighted by Gasteiger charge is 2.33. The van der Waals surface area contributed by atoms with Crippen LogP contribution < -0.4 is 31.1 Å². The lowest BCUT2D eigenvalue weighted by Gasteiger charge is -2.27. The number of halogens is 1. The van der Waals surface area contributed by atoms with E-state index in [2.05, 4.69) is 10.6 Å². The first-order valence-corrected chi connectivity index (χ1v) is 13.7. The van der Waals surface area contributed by atoms with Gasteiger partial charge in [-0.25, -0.2) is 9.59 Å². The number of carbonyl (C=O) groups excluding carboxylic acids is 4. The maximum Gasteiger partial charge on any atom is 0.414 e. The number of hydrogen-bond acceptors (Lipinski definition) is 10. The fourth-order valence-electron chi connectivity index (χ4n) is 4.77. The molecule has 2 aromatic rings. The molecule has 0 unspecified atom stereocenters. The second kappa shape index (κ2) is 14.9. The Morgan fingerprint density at radius 1 is 0.884 bits per heavy atom. The van der Waals surface area contributed by atoms with Crippen molar-refractivity contribution in [3.05, 3.63) is 48.5 Å². The third-order valence-corrected chi connectivity index (χ3v) is 6.98. The molecule has 0 aliphatic carbocycles. The molecule has 2 aromatic carbocycles. The molecule has 0 aromatic heterocycles. The Morgan fingerprint density at radius 3 is 2.07 bits per heavy atom. The van der Waals surface area contributed by atoms with Gasteiger partial charge in [0.25, 0.3) is 5.91 Å². The molecule has 3 aliphatic rings. The summed E-state index contributed by atoms with van der Waals surface area (Å²) in [7, 11) is 0. The summed E-state index contributed by atoms with van der Waals surface area (Å²) in [6.45, 7) is 2.80. The zero-order valence-electron chi connectivity index (χ0n) is 23.4. The molecule has 3 heterocycles. The van der Waals surface area contributed by atoms with E-state index in [1.54, 1.807) is 34.1 Å². The molecule has 3 aliphatic heterocycles. The molecule has 232 valence electrons. The van der Waals surface area contributed by atoms with Gasteiger partial charge < -0.3 is 40.2 Å². The Labute approximate surface area is 254 Å². The predicted molar refractivity (Wildman–Crippen MR) is 160 cm³/mol. The third kappa shape index (κ3) is 8.04. The second-order valence-corrected chi connectivity index (χ2v) is 9.91. The van der Waals surface area contributed by atoms with Crippen molar-refractivity contribution in [2.45, 2.75) is 12.2 Å². The fourth-order valence-corrected chi connectivity index (χ4v) is 4.77. The van der Waals surface area contributed by atoms with Crippen LogP contribution in [0.25, 0.3) is 0 Å². The van der Waals surface area contributed by atoms with E-state index in [9.17, 15) is 19.2 Å². The van der Waals surface area contributed by atoms with Crippen LogP contribution in [0.1, 0.15) is 0 Å². The summed E-state index contributed by atoms with van der Waals surface area (Å²) in [6, 6.07) is 14.4. The SMILES string of the molecule is Cl.NC[C@H]1CN(c2ccc(NCCOCC(=O)NC[C@H]3CN(c4ccc(N5CCOCC5=O)cc4)C(=O)O3)cc2)C(=O)O1. The van der Waals surface area contributed by atoms with Crippen LogP contribution in [0.3, 0.4) is 0 Å². The van der Waals surface area contributed by atoms with Crippen molar-refractivity contribution in [2.24, 2.45) is 5.73 Å². The minimum Gasteiger partial charge on any atom is -0.443 e. The molecule has 43 heavy (non-hydrogen) atoms. The van der Waals surface area contributed by atoms with Crippen LogP contribution in [-0.2, 0) is 28.5 Å². The Balaban J connectivity index is 0.00000423. The van der Waals surface area contributed by atoms with Crippen LogP contribution in [0, 0.1) is 0 Å². The first-order valence-electron chi connectivity index (χ1n) is 13.7. The number of morpholine rings is 1. The Kier molecular flexibility index (Phi) is 11.0. The van der Waals surface area contributed by atoms with Crippen LogP contribution >= 0.6 is 12.4 Å². The number of nitrogens with one attached hydrogen (secondary N) is 2. The smallest absolute Gasteiger partial charge is 0.414 e. The summed E-state index contributed by atoms with van der Waals surface area (Å²) in [4.78, 5) is 53.3. The summed E-state index contributed by atoms with van der Waals surface area (Å²) in [5, 5.41) is 5.93. The normalized spacial score (nSPS) is 20.0. The lowest BCUT2D eigenvalue weighted by atomic mass is 10.2. The molecule has 3 saturated heterocycles. The highest BCUT2D eigenvalue weighted by molar-refractivity contribution is 5.96. The number of nitrogens with zero attached hydrogens (tertiary/aromatic N) is 3. The summed E-state index contributed by atoms with van der Waals surface area (Å²) in [5.41, 5.74) is 8.52. The lowest BCUT2D eigenvalue weighted by molar-refractivity contribution is -0.126. The highest BCUT2D eigenvalue weighted by Crippen LogP contribution is 2.26. The zero-order chi connectivity index (χ0) is 29.5. The van der Waals surface area contributed by atoms with Gasteiger partial charge in [-0.2, -0.15) is 0 Å². The first kappa shape index (κ1) is 31.8. The predicted octanol–water partition coefficient (Wildman–Crippen LogP) is 1.33. The number of carbonyl (C=O) groups is 4. The van der Waals surface area contributed by atoms with Gasteiger partial charge in [0, 0.05) is 42.4 Å². The van der Waals surface area contributed by atoms with E-state index in [0.29, 0.717) is 38.5 Å². The first-order chi connectivity index (χ1) is 20.4. The third-order valence-electron chi connectivity index (χ3n) is 6.98. The summed E-state index contributed by atoms with van der Waals surface area (Å²) < 4.78 is 21.2. The molecular weight excluding hydrogens is 584 g/mol. The number of hydrogen-bond donors (Lipinski definition) is 3. The van der Waals surface area contributed by atoms with Crippen LogP contribution in [0.2, 0.25) is 0 Å². The molecule has 0 bridgehead atoms. The monoisotopic (exact) mass is 618 g/mol. The standard InChI is InChI=1S/C28H34N6O8.ClH/c29-13-23-15-33(27(37)41-23)21-3-1-19(2-4-21)30-9-11-39-17-25(35)31-14-24-16-34(28(38)42-24)22-7-5-20(6-8-22)32-10-12-40-18-26(32)36;/h1-8,23-24,30H,9-18,29H2,(H,31,35);1H/t23-,24-;/m0./s1. The van der Waals surface area contributed by atoms with Crippen molar-refractivity contribution in [1.29, 1.82) is 0 Å². The molecule has 2 atom stereocenters. The molecule has 5 rings (SSSR count). The van der Waals surface area contributed by atoms with Crippen molar-refractivity contribution in [1.82, 2.24) is 5.32 Å². The largest absolute Gasteiger partial charge is 0.443 e. The minimum absolute atomic E-state index is 0. The molecule has 3 fully saturated rings. The van der Waals surface area contributed by atoms with E-state index < -0.39 is 18.3 Å². The Hall–Kier alpha value is -4.11. The molecule has 15 heteroatoms. The van der Waals surface area contributed by atoms with E-state index in [4.69, 9.17) is 24.7 Å². The van der Waals surface area contributed by atoms with Crippen LogP contribution in [0.4, 0.5) is 32.3 Å². The molecular formula is C28H35ClN6O8. The highest BCUT2D eigenvalue weighted by atomic mass is 35.5. The second-order valence-electron chi connectivity index (χ2n) is 9.91. The van der Waals surface area contributed by atoms with E-state index >= 15 is 0 Å². The van der Waals surface area contributed by atoms with Gasteiger partial charge >= 0.3 is 12.2 Å². The minimum atomic E-state index is -0.504. The van der Waals surface area contributed by atoms with Crippen LogP contribution in [-0.4, -0.2) is 102 Å². The van der Waals surface area contributed by atoms with Gasteiger partial charge in [0.2, 0.25) is 5.91 Å². The average Bonchev–Trinajstić information content (AvgIpc) is 3.58. The van der Waals surface area contributed by atoms with Crippen molar-refractivity contribution in [3.8, 4) is 0 Å². The van der Waals surface area contributed by atoms with Gasteiger partial charge in [0.05, 0.1) is 32.8 Å². The molecule has 4 amide bonds. The maximum absolute atomic E-state index is 12.4. The molecule has 4 N–H and O–H groups in total. The van der Waals surface area contributed by atoms with Crippen molar-refractivity contribution >= 4 is 59.2 Å². The molecule has 0 radical (unpaired) electrons. The number of anilines is 4. The van der Waals surface area contributed by atoms with Gasteiger partial charge in [-0.15, -0.1) is 12.4 Å². The van der Waals surface area contributed by atoms with Gasteiger partial charge in [-0.05, 0) is 48.5 Å². The number of amides is 4. The van der Waals surface area contributed by atoms with E-state index in [1.165, 1.54) is 4.90 Å². The number of benzene rings is 2. The maximum atomic E-state index is 12.4. The molecule has 0 saturated carbocycles. The number of nitrogens with two attached hydrogens (primary N) is 1. The van der Waals surface area contributed by atoms with Crippen LogP contribution in [0.5, 0.6) is 0 Å². The quantitative estimate of drug-likeness (QED) is 0.296. The summed E-state index contributed by atoms with van der Waals surface area (Å²) >= 11 is 0. The zero-order valence-corrected chi connectivity index (χ0v) is 24.3. The Bertz CT molecular complexity index is 1280. The fraction of sp³-hybridized carbons (Fsp3) is 0.429. The van der Waals surface area contributed by atoms with Gasteiger partial charge in [0.1, 0.15) is 25.4 Å². The van der Waals surface area contributed by atoms with Gasteiger partial charge in [-0.3, -0.25) is 19.4 Å². The van der Waals surface area contributed by atoms with E-state index in [0.717, 1.165) is 17.1 Å². The topological polar surface area (TPSA) is 165 Å². The summed E-state index contributed by atoms with van der Waals surface area (Å²) in [5.74, 6) is -0.423. The van der Waals surface area contributed by atoms with Gasteiger partial charge in [0.15, 0.2) is 0 Å². The van der Waals surface area contributed by atoms with E-state index in [1.807, 2.05) is 24.3 Å². The summed E-state index contributed by atoms with van der Waals surface area (Å²) in [6.07, 6.45) is -1.71. The van der Waals surface area contributed by atoms with Crippen molar-refractivity contribution < 1.29 is 38.1 Å². The van der Waals surface area contributed by atoms with Gasteiger partial charge in [-0.1, -0.05) is 0 Å². The lowest BCUT2D eigenvalue weighted by Crippen LogP contribution is -2.41. The molecule has 0 spiro atoms.